The number of nitrogens with zero attached hydrogens (tertiary/aromatic N) is 3. The SMILES string of the molecule is N#Cc1ccnc(-c2ccc(-c3ccc4c(c3)-c3c(ccc5ccccc35)C43c4ccccc4-c4ccccc43)cn2)c1. The van der Waals surface area contributed by atoms with Crippen LogP contribution < -0.4 is 0 Å². The lowest BCUT2D eigenvalue weighted by atomic mass is 9.70. The third kappa shape index (κ3) is 3.18. The lowest BCUT2D eigenvalue weighted by Crippen LogP contribution is -2.25. The van der Waals surface area contributed by atoms with Gasteiger partial charge >= 0.3 is 0 Å². The van der Waals surface area contributed by atoms with Gasteiger partial charge in [0.15, 0.2) is 0 Å². The summed E-state index contributed by atoms with van der Waals surface area (Å²) in [6.07, 6.45) is 3.56. The molecule has 3 nitrogen and oxygen atoms in total. The molecule has 1 spiro atoms. The van der Waals surface area contributed by atoms with Gasteiger partial charge < -0.3 is 0 Å². The molecular weight excluding hydrogens is 522 g/mol. The molecule has 3 heteroatoms. The van der Waals surface area contributed by atoms with Gasteiger partial charge in [0.2, 0.25) is 0 Å². The molecule has 5 aromatic carbocycles. The maximum absolute atomic E-state index is 9.30. The van der Waals surface area contributed by atoms with E-state index in [2.05, 4.69) is 120 Å². The van der Waals surface area contributed by atoms with Crippen molar-refractivity contribution in [1.82, 2.24) is 9.97 Å². The second kappa shape index (κ2) is 8.82. The predicted molar refractivity (Wildman–Crippen MR) is 171 cm³/mol. The van der Waals surface area contributed by atoms with Crippen LogP contribution in [-0.4, -0.2) is 9.97 Å². The molecule has 43 heavy (non-hydrogen) atoms. The topological polar surface area (TPSA) is 49.6 Å². The van der Waals surface area contributed by atoms with Gasteiger partial charge in [-0.15, -0.1) is 0 Å². The first kappa shape index (κ1) is 23.8. The summed E-state index contributed by atoms with van der Waals surface area (Å²) in [5.41, 5.74) is 14.3. The maximum atomic E-state index is 9.30. The first-order chi connectivity index (χ1) is 21.3. The van der Waals surface area contributed by atoms with Crippen molar-refractivity contribution in [1.29, 1.82) is 5.26 Å². The van der Waals surface area contributed by atoms with E-state index in [1.165, 1.54) is 55.3 Å². The maximum Gasteiger partial charge on any atom is 0.0992 e. The monoisotopic (exact) mass is 545 g/mol. The van der Waals surface area contributed by atoms with Gasteiger partial charge in [-0.25, -0.2) is 0 Å². The van der Waals surface area contributed by atoms with E-state index < -0.39 is 0 Å². The Morgan fingerprint density at radius 1 is 0.535 bits per heavy atom. The minimum atomic E-state index is -0.375. The second-order valence-corrected chi connectivity index (χ2v) is 11.3. The first-order valence-corrected chi connectivity index (χ1v) is 14.5. The summed E-state index contributed by atoms with van der Waals surface area (Å²) in [5, 5.41) is 11.8. The summed E-state index contributed by atoms with van der Waals surface area (Å²) in [4.78, 5) is 9.17. The predicted octanol–water partition coefficient (Wildman–Crippen LogP) is 9.18. The molecule has 2 aromatic heterocycles. The van der Waals surface area contributed by atoms with Crippen LogP contribution in [0.5, 0.6) is 0 Å². The highest BCUT2D eigenvalue weighted by Crippen LogP contribution is 2.63. The van der Waals surface area contributed by atoms with Crippen molar-refractivity contribution in [2.24, 2.45) is 0 Å². The number of hydrogen-bond donors (Lipinski definition) is 0. The van der Waals surface area contributed by atoms with Gasteiger partial charge in [0.1, 0.15) is 0 Å². The molecule has 2 aliphatic rings. The molecule has 0 fully saturated rings. The lowest BCUT2D eigenvalue weighted by molar-refractivity contribution is 0.794. The van der Waals surface area contributed by atoms with Crippen LogP contribution in [-0.2, 0) is 5.41 Å². The number of aromatic nitrogens is 2. The summed E-state index contributed by atoms with van der Waals surface area (Å²) in [6.45, 7) is 0. The van der Waals surface area contributed by atoms with Crippen LogP contribution in [0, 0.1) is 11.3 Å². The van der Waals surface area contributed by atoms with Gasteiger partial charge in [0.25, 0.3) is 0 Å². The van der Waals surface area contributed by atoms with Crippen molar-refractivity contribution < 1.29 is 0 Å². The number of rotatable bonds is 2. The van der Waals surface area contributed by atoms with Gasteiger partial charge in [0.05, 0.1) is 28.4 Å². The molecule has 0 unspecified atom stereocenters. The molecule has 0 N–H and O–H groups in total. The van der Waals surface area contributed by atoms with Crippen molar-refractivity contribution in [3.63, 3.8) is 0 Å². The van der Waals surface area contributed by atoms with Crippen molar-refractivity contribution in [2.45, 2.75) is 5.41 Å². The average Bonchev–Trinajstić information content (AvgIpc) is 3.55. The first-order valence-electron chi connectivity index (χ1n) is 14.5. The molecule has 0 amide bonds. The highest BCUT2D eigenvalue weighted by Gasteiger charge is 2.51. The molecule has 0 saturated heterocycles. The molecule has 0 bridgehead atoms. The molecule has 0 aliphatic heterocycles. The normalized spacial score (nSPS) is 13.3. The van der Waals surface area contributed by atoms with Crippen LogP contribution in [0.4, 0.5) is 0 Å². The fourth-order valence-corrected chi connectivity index (χ4v) is 7.45. The van der Waals surface area contributed by atoms with Gasteiger partial charge in [-0.2, -0.15) is 5.26 Å². The van der Waals surface area contributed by atoms with Gasteiger partial charge in [0, 0.05) is 18.0 Å². The largest absolute Gasteiger partial charge is 0.255 e. The molecule has 7 aromatic rings. The third-order valence-electron chi connectivity index (χ3n) is 9.23. The Morgan fingerprint density at radius 3 is 2.00 bits per heavy atom. The van der Waals surface area contributed by atoms with Crippen molar-refractivity contribution in [2.75, 3.05) is 0 Å². The Balaban J connectivity index is 1.29. The number of hydrogen-bond acceptors (Lipinski definition) is 3. The minimum Gasteiger partial charge on any atom is -0.255 e. The van der Waals surface area contributed by atoms with Crippen molar-refractivity contribution in [3.8, 4) is 50.8 Å². The number of benzene rings is 5. The molecule has 2 aliphatic carbocycles. The highest BCUT2D eigenvalue weighted by molar-refractivity contribution is 6.06. The number of nitriles is 1. The zero-order valence-electron chi connectivity index (χ0n) is 23.1. The molecule has 9 rings (SSSR count). The Hall–Kier alpha value is -5.85. The van der Waals surface area contributed by atoms with Gasteiger partial charge in [-0.1, -0.05) is 103 Å². The average molecular weight is 546 g/mol. The van der Waals surface area contributed by atoms with Crippen molar-refractivity contribution in [3.05, 3.63) is 168 Å². The van der Waals surface area contributed by atoms with E-state index in [0.29, 0.717) is 11.3 Å². The number of fused-ring (bicyclic) bond motifs is 12. The Morgan fingerprint density at radius 2 is 1.23 bits per heavy atom. The lowest BCUT2D eigenvalue weighted by Gasteiger charge is -2.30. The zero-order valence-corrected chi connectivity index (χ0v) is 23.1. The number of pyridine rings is 2. The van der Waals surface area contributed by atoms with E-state index in [-0.39, 0.29) is 5.41 Å². The fraction of sp³-hybridized carbons (Fsp3) is 0.0250. The van der Waals surface area contributed by atoms with Crippen LogP contribution in [0.15, 0.2) is 140 Å². The Kier molecular flexibility index (Phi) is 4.89. The van der Waals surface area contributed by atoms with E-state index in [1.54, 1.807) is 18.3 Å². The summed E-state index contributed by atoms with van der Waals surface area (Å²) >= 11 is 0. The van der Waals surface area contributed by atoms with Crippen LogP contribution in [0.2, 0.25) is 0 Å². The summed E-state index contributed by atoms with van der Waals surface area (Å²) < 4.78 is 0. The van der Waals surface area contributed by atoms with Gasteiger partial charge in [-0.3, -0.25) is 9.97 Å². The summed E-state index contributed by atoms with van der Waals surface area (Å²) in [6, 6.07) is 47.9. The van der Waals surface area contributed by atoms with E-state index in [4.69, 9.17) is 4.98 Å². The van der Waals surface area contributed by atoms with Crippen LogP contribution in [0.1, 0.15) is 27.8 Å². The van der Waals surface area contributed by atoms with Crippen molar-refractivity contribution >= 4 is 10.8 Å². The Labute approximate surface area is 249 Å². The van der Waals surface area contributed by atoms with E-state index in [0.717, 1.165) is 16.8 Å². The zero-order chi connectivity index (χ0) is 28.5. The molecule has 2 heterocycles. The third-order valence-corrected chi connectivity index (χ3v) is 9.23. The van der Waals surface area contributed by atoms with Gasteiger partial charge in [-0.05, 0) is 85.1 Å². The minimum absolute atomic E-state index is 0.375. The van der Waals surface area contributed by atoms with E-state index >= 15 is 0 Å². The smallest absolute Gasteiger partial charge is 0.0992 e. The van der Waals surface area contributed by atoms with Crippen LogP contribution >= 0.6 is 0 Å². The van der Waals surface area contributed by atoms with E-state index in [9.17, 15) is 5.26 Å². The summed E-state index contributed by atoms with van der Waals surface area (Å²) in [5.74, 6) is 0. The second-order valence-electron chi connectivity index (χ2n) is 11.3. The quantitative estimate of drug-likeness (QED) is 0.218. The van der Waals surface area contributed by atoms with Crippen LogP contribution in [0.25, 0.3) is 55.5 Å². The molecule has 0 radical (unpaired) electrons. The molecule has 0 atom stereocenters. The highest BCUT2D eigenvalue weighted by atomic mass is 14.8. The van der Waals surface area contributed by atoms with E-state index in [1.807, 2.05) is 12.3 Å². The molecular formula is C40H23N3. The molecule has 0 saturated carbocycles. The van der Waals surface area contributed by atoms with Crippen LogP contribution in [0.3, 0.4) is 0 Å². The molecule has 198 valence electrons. The fourth-order valence-electron chi connectivity index (χ4n) is 7.45. The standard InChI is InChI=1S/C40H23N3/c41-23-25-19-20-42-38(21-25)37-18-15-28(24-43-37)27-14-16-35-32(22-27)39-29-8-2-1-7-26(29)13-17-36(39)40(35)33-11-5-3-9-30(33)31-10-4-6-12-34(31)40/h1-22,24H. The Bertz CT molecular complexity index is 2260. The summed E-state index contributed by atoms with van der Waals surface area (Å²) in [7, 11) is 0.